The monoisotopic (exact) mass is 354 g/mol. The van der Waals surface area contributed by atoms with Gasteiger partial charge in [0.2, 0.25) is 0 Å². The van der Waals surface area contributed by atoms with Crippen molar-refractivity contribution in [1.29, 1.82) is 0 Å². The van der Waals surface area contributed by atoms with Crippen LogP contribution in [-0.2, 0) is 0 Å². The summed E-state index contributed by atoms with van der Waals surface area (Å²) in [5.74, 6) is 3.87. The van der Waals surface area contributed by atoms with Gasteiger partial charge in [0.05, 0.1) is 0 Å². The van der Waals surface area contributed by atoms with E-state index in [9.17, 15) is 0 Å². The molecule has 1 aliphatic heterocycles. The standard InChI is InChI=1S/C23H47P/c1-7-19(4)22-13-10-14-23(20(5)8-2)16-12-18-24(17-11-15-22)21(6)9-3/h19-23H,7-18H2,1-6H3. The van der Waals surface area contributed by atoms with E-state index in [1.54, 1.807) is 12.3 Å². The smallest absolute Gasteiger partial charge is 0.0240 e. The van der Waals surface area contributed by atoms with Crippen molar-refractivity contribution in [1.82, 2.24) is 0 Å². The van der Waals surface area contributed by atoms with Crippen LogP contribution in [-0.4, -0.2) is 18.0 Å². The molecule has 0 spiro atoms. The average Bonchev–Trinajstić information content (AvgIpc) is 2.60. The molecule has 1 fully saturated rings. The summed E-state index contributed by atoms with van der Waals surface area (Å²) in [6.45, 7) is 14.8. The first kappa shape index (κ1) is 22.5. The Morgan fingerprint density at radius 3 is 1.46 bits per heavy atom. The second kappa shape index (κ2) is 12.7. The van der Waals surface area contributed by atoms with Gasteiger partial charge >= 0.3 is 0 Å². The number of hydrogen-bond donors (Lipinski definition) is 0. The summed E-state index contributed by atoms with van der Waals surface area (Å²) in [5, 5.41) is 0. The maximum absolute atomic E-state index is 2.54. The second-order valence-corrected chi connectivity index (χ2v) is 11.8. The highest BCUT2D eigenvalue weighted by Gasteiger charge is 2.22. The van der Waals surface area contributed by atoms with Crippen molar-refractivity contribution in [3.63, 3.8) is 0 Å². The molecule has 24 heavy (non-hydrogen) atoms. The fourth-order valence-corrected chi connectivity index (χ4v) is 7.46. The highest BCUT2D eigenvalue weighted by molar-refractivity contribution is 7.58. The third kappa shape index (κ3) is 7.76. The lowest BCUT2D eigenvalue weighted by Gasteiger charge is -2.30. The molecule has 1 rings (SSSR count). The molecule has 1 saturated heterocycles. The lowest BCUT2D eigenvalue weighted by atomic mass is 9.80. The summed E-state index contributed by atoms with van der Waals surface area (Å²) >= 11 is 0. The Morgan fingerprint density at radius 1 is 0.667 bits per heavy atom. The summed E-state index contributed by atoms with van der Waals surface area (Å²) < 4.78 is 0. The van der Waals surface area contributed by atoms with Crippen LogP contribution in [0.1, 0.15) is 106 Å². The molecule has 0 amide bonds. The zero-order valence-electron chi connectivity index (χ0n) is 17.8. The van der Waals surface area contributed by atoms with Crippen molar-refractivity contribution in [2.45, 2.75) is 111 Å². The predicted octanol–water partition coefficient (Wildman–Crippen LogP) is 8.34. The molecule has 0 bridgehead atoms. The second-order valence-electron chi connectivity index (χ2n) is 8.80. The molecular formula is C23H47P. The minimum atomic E-state index is 0.289. The Morgan fingerprint density at radius 2 is 1.08 bits per heavy atom. The van der Waals surface area contributed by atoms with Gasteiger partial charge in [0.25, 0.3) is 0 Å². The van der Waals surface area contributed by atoms with E-state index in [4.69, 9.17) is 0 Å². The quantitative estimate of drug-likeness (QED) is 0.420. The maximum atomic E-state index is 2.54. The summed E-state index contributed by atoms with van der Waals surface area (Å²) in [6.07, 6.45) is 17.8. The summed E-state index contributed by atoms with van der Waals surface area (Å²) in [7, 11) is 0.289. The van der Waals surface area contributed by atoms with E-state index in [1.807, 2.05) is 0 Å². The Hall–Kier alpha value is 0.430. The Kier molecular flexibility index (Phi) is 11.9. The van der Waals surface area contributed by atoms with Gasteiger partial charge in [0.1, 0.15) is 0 Å². The Bertz CT molecular complexity index is 241. The van der Waals surface area contributed by atoms with Gasteiger partial charge in [-0.3, -0.25) is 0 Å². The van der Waals surface area contributed by atoms with Gasteiger partial charge in [-0.1, -0.05) is 73.6 Å². The Balaban J connectivity index is 2.73. The van der Waals surface area contributed by atoms with Crippen molar-refractivity contribution in [3.8, 4) is 0 Å². The van der Waals surface area contributed by atoms with Gasteiger partial charge in [-0.05, 0) is 73.8 Å². The molecule has 144 valence electrons. The Labute approximate surface area is 155 Å². The van der Waals surface area contributed by atoms with E-state index < -0.39 is 0 Å². The largest absolute Gasteiger partial charge is 0.104 e. The van der Waals surface area contributed by atoms with Crippen molar-refractivity contribution < 1.29 is 0 Å². The highest BCUT2D eigenvalue weighted by Crippen LogP contribution is 2.46. The molecule has 0 N–H and O–H groups in total. The summed E-state index contributed by atoms with van der Waals surface area (Å²) in [6, 6.07) is 0. The first-order chi connectivity index (χ1) is 11.5. The van der Waals surface area contributed by atoms with Crippen LogP contribution in [0.5, 0.6) is 0 Å². The van der Waals surface area contributed by atoms with Crippen molar-refractivity contribution in [3.05, 3.63) is 0 Å². The van der Waals surface area contributed by atoms with E-state index in [0.29, 0.717) is 0 Å². The van der Waals surface area contributed by atoms with Crippen LogP contribution in [0.2, 0.25) is 0 Å². The van der Waals surface area contributed by atoms with Gasteiger partial charge < -0.3 is 0 Å². The molecule has 0 saturated carbocycles. The normalized spacial score (nSPS) is 31.5. The molecule has 5 unspecified atom stereocenters. The van der Waals surface area contributed by atoms with Gasteiger partial charge in [-0.15, -0.1) is 7.92 Å². The van der Waals surface area contributed by atoms with Crippen LogP contribution in [0.15, 0.2) is 0 Å². The molecule has 0 aromatic heterocycles. The third-order valence-corrected chi connectivity index (χ3v) is 10.7. The number of rotatable bonds is 6. The van der Waals surface area contributed by atoms with E-state index in [0.717, 1.165) is 29.3 Å². The van der Waals surface area contributed by atoms with Crippen LogP contribution in [0.3, 0.4) is 0 Å². The fraction of sp³-hybridized carbons (Fsp3) is 1.00. The summed E-state index contributed by atoms with van der Waals surface area (Å²) in [4.78, 5) is 0. The molecule has 5 atom stereocenters. The van der Waals surface area contributed by atoms with E-state index in [-0.39, 0.29) is 7.92 Å². The lowest BCUT2D eigenvalue weighted by molar-refractivity contribution is 0.256. The summed E-state index contributed by atoms with van der Waals surface area (Å²) in [5.41, 5.74) is 0.993. The van der Waals surface area contributed by atoms with E-state index in [2.05, 4.69) is 41.5 Å². The molecule has 0 radical (unpaired) electrons. The van der Waals surface area contributed by atoms with Gasteiger partial charge in [0.15, 0.2) is 0 Å². The SMILES string of the molecule is CCC(C)C1CCCC(C(C)CC)CCCP(C(C)CC)CCC1. The molecular weight excluding hydrogens is 307 g/mol. The van der Waals surface area contributed by atoms with Crippen LogP contribution in [0.25, 0.3) is 0 Å². The van der Waals surface area contributed by atoms with Crippen molar-refractivity contribution >= 4 is 7.92 Å². The number of hydrogen-bond acceptors (Lipinski definition) is 0. The van der Waals surface area contributed by atoms with Gasteiger partial charge in [0, 0.05) is 0 Å². The highest BCUT2D eigenvalue weighted by atomic mass is 31.1. The van der Waals surface area contributed by atoms with E-state index in [1.165, 1.54) is 64.2 Å². The first-order valence-corrected chi connectivity index (χ1v) is 13.0. The maximum Gasteiger partial charge on any atom is -0.0240 e. The molecule has 1 aliphatic rings. The minimum Gasteiger partial charge on any atom is -0.104 e. The molecule has 1 heterocycles. The van der Waals surface area contributed by atoms with Crippen LogP contribution in [0.4, 0.5) is 0 Å². The molecule has 1 heteroatoms. The fourth-order valence-electron chi connectivity index (χ4n) is 4.66. The van der Waals surface area contributed by atoms with Crippen molar-refractivity contribution in [2.75, 3.05) is 12.3 Å². The lowest BCUT2D eigenvalue weighted by Crippen LogP contribution is -2.17. The third-order valence-electron chi connectivity index (χ3n) is 7.30. The van der Waals surface area contributed by atoms with Crippen molar-refractivity contribution in [2.24, 2.45) is 23.7 Å². The topological polar surface area (TPSA) is 0 Å². The van der Waals surface area contributed by atoms with Gasteiger partial charge in [-0.25, -0.2) is 0 Å². The molecule has 0 nitrogen and oxygen atoms in total. The van der Waals surface area contributed by atoms with Crippen LogP contribution in [0, 0.1) is 23.7 Å². The van der Waals surface area contributed by atoms with Gasteiger partial charge in [-0.2, -0.15) is 0 Å². The molecule has 0 aliphatic carbocycles. The molecule has 0 aromatic rings. The zero-order valence-corrected chi connectivity index (χ0v) is 18.7. The van der Waals surface area contributed by atoms with Crippen LogP contribution >= 0.6 is 7.92 Å². The molecule has 0 aromatic carbocycles. The van der Waals surface area contributed by atoms with Crippen LogP contribution < -0.4 is 0 Å². The zero-order chi connectivity index (χ0) is 17.9. The minimum absolute atomic E-state index is 0.289. The van der Waals surface area contributed by atoms with E-state index >= 15 is 0 Å². The average molecular weight is 355 g/mol. The predicted molar refractivity (Wildman–Crippen MR) is 115 cm³/mol. The first-order valence-electron chi connectivity index (χ1n) is 11.3.